The highest BCUT2D eigenvalue weighted by molar-refractivity contribution is 5.79. The van der Waals surface area contributed by atoms with Gasteiger partial charge >= 0.3 is 0 Å². The minimum atomic E-state index is 1.05. The maximum absolute atomic E-state index is 2.51. The Morgan fingerprint density at radius 1 is 0.909 bits per heavy atom. The van der Waals surface area contributed by atoms with Gasteiger partial charge in [0.05, 0.1) is 0 Å². The second-order valence-electron chi connectivity index (χ2n) is 5.78. The molecule has 1 aromatic heterocycles. The molecule has 0 unspecified atom stereocenters. The summed E-state index contributed by atoms with van der Waals surface area (Å²) in [5, 5.41) is 1.33. The molecule has 1 heterocycles. The number of fused-ring (bicyclic) bond motifs is 1. The minimum absolute atomic E-state index is 1.05. The topological polar surface area (TPSA) is 8.17 Å². The van der Waals surface area contributed by atoms with Crippen molar-refractivity contribution in [3.8, 4) is 0 Å². The Bertz CT molecular complexity index is 700. The molecular formula is C20H24N2. The van der Waals surface area contributed by atoms with Gasteiger partial charge in [-0.15, -0.1) is 0 Å². The molecule has 0 aliphatic rings. The molecule has 3 aromatic rings. The van der Waals surface area contributed by atoms with Crippen molar-refractivity contribution in [1.29, 1.82) is 0 Å². The summed E-state index contributed by atoms with van der Waals surface area (Å²) in [6.45, 7) is 6.61. The first-order chi connectivity index (χ1) is 10.9. The lowest BCUT2D eigenvalue weighted by molar-refractivity contribution is 0.271. The van der Waals surface area contributed by atoms with Crippen LogP contribution >= 0.6 is 0 Å². The molecule has 22 heavy (non-hydrogen) atoms. The van der Waals surface area contributed by atoms with Gasteiger partial charge in [0.15, 0.2) is 0 Å². The molecule has 0 atom stereocenters. The van der Waals surface area contributed by atoms with Crippen LogP contribution in [0.3, 0.4) is 0 Å². The Morgan fingerprint density at radius 3 is 2.50 bits per heavy atom. The SMILES string of the molecule is CCN(CCCn1ccc2ccccc21)Cc1ccccc1. The van der Waals surface area contributed by atoms with Gasteiger partial charge in [-0.25, -0.2) is 0 Å². The zero-order chi connectivity index (χ0) is 15.2. The van der Waals surface area contributed by atoms with Crippen molar-refractivity contribution in [3.05, 3.63) is 72.4 Å². The van der Waals surface area contributed by atoms with Crippen molar-refractivity contribution in [2.45, 2.75) is 26.4 Å². The fourth-order valence-electron chi connectivity index (χ4n) is 2.99. The Morgan fingerprint density at radius 2 is 1.68 bits per heavy atom. The molecule has 0 radical (unpaired) electrons. The molecule has 0 saturated carbocycles. The molecule has 2 nitrogen and oxygen atoms in total. The van der Waals surface area contributed by atoms with E-state index in [0.29, 0.717) is 0 Å². The number of nitrogens with zero attached hydrogens (tertiary/aromatic N) is 2. The second kappa shape index (κ2) is 7.28. The molecule has 0 bridgehead atoms. The molecule has 114 valence electrons. The minimum Gasteiger partial charge on any atom is -0.347 e. The number of hydrogen-bond acceptors (Lipinski definition) is 1. The zero-order valence-corrected chi connectivity index (χ0v) is 13.3. The van der Waals surface area contributed by atoms with Crippen molar-refractivity contribution in [2.75, 3.05) is 13.1 Å². The van der Waals surface area contributed by atoms with Crippen LogP contribution in [0.1, 0.15) is 18.9 Å². The van der Waals surface area contributed by atoms with E-state index in [4.69, 9.17) is 0 Å². The fraction of sp³-hybridized carbons (Fsp3) is 0.300. The standard InChI is InChI=1S/C20H24N2/c1-2-21(17-18-9-4-3-5-10-18)14-8-15-22-16-13-19-11-6-7-12-20(19)22/h3-7,9-13,16H,2,8,14-15,17H2,1H3. The van der Waals surface area contributed by atoms with E-state index in [-0.39, 0.29) is 0 Å². The third-order valence-electron chi connectivity index (χ3n) is 4.25. The summed E-state index contributed by atoms with van der Waals surface area (Å²) >= 11 is 0. The summed E-state index contributed by atoms with van der Waals surface area (Å²) in [7, 11) is 0. The second-order valence-corrected chi connectivity index (χ2v) is 5.78. The smallest absolute Gasteiger partial charge is 0.0480 e. The van der Waals surface area contributed by atoms with Crippen molar-refractivity contribution in [2.24, 2.45) is 0 Å². The average molecular weight is 292 g/mol. The van der Waals surface area contributed by atoms with Gasteiger partial charge in [-0.2, -0.15) is 0 Å². The molecule has 2 aromatic carbocycles. The first-order valence-electron chi connectivity index (χ1n) is 8.17. The van der Waals surface area contributed by atoms with E-state index in [1.54, 1.807) is 0 Å². The number of aromatic nitrogens is 1. The van der Waals surface area contributed by atoms with Crippen LogP contribution in [0.15, 0.2) is 66.9 Å². The summed E-state index contributed by atoms with van der Waals surface area (Å²) in [5.74, 6) is 0. The Balaban J connectivity index is 1.55. The van der Waals surface area contributed by atoms with Gasteiger partial charge in [-0.1, -0.05) is 55.5 Å². The zero-order valence-electron chi connectivity index (χ0n) is 13.3. The number of aryl methyl sites for hydroxylation is 1. The highest BCUT2D eigenvalue weighted by Gasteiger charge is 2.04. The van der Waals surface area contributed by atoms with Crippen LogP contribution < -0.4 is 0 Å². The van der Waals surface area contributed by atoms with Gasteiger partial charge in [0.25, 0.3) is 0 Å². The normalized spacial score (nSPS) is 11.4. The summed E-state index contributed by atoms with van der Waals surface area (Å²) in [6.07, 6.45) is 3.39. The lowest BCUT2D eigenvalue weighted by Gasteiger charge is -2.20. The van der Waals surface area contributed by atoms with E-state index in [1.807, 2.05) is 0 Å². The maximum Gasteiger partial charge on any atom is 0.0480 e. The lowest BCUT2D eigenvalue weighted by Crippen LogP contribution is -2.24. The molecule has 0 aliphatic carbocycles. The van der Waals surface area contributed by atoms with E-state index >= 15 is 0 Å². The molecule has 0 fully saturated rings. The van der Waals surface area contributed by atoms with Crippen molar-refractivity contribution in [3.63, 3.8) is 0 Å². The number of hydrogen-bond donors (Lipinski definition) is 0. The van der Waals surface area contributed by atoms with Gasteiger partial charge in [0.2, 0.25) is 0 Å². The third kappa shape index (κ3) is 3.58. The van der Waals surface area contributed by atoms with E-state index in [1.165, 1.54) is 22.9 Å². The number of para-hydroxylation sites is 1. The third-order valence-corrected chi connectivity index (χ3v) is 4.25. The molecule has 0 N–H and O–H groups in total. The van der Waals surface area contributed by atoms with Crippen LogP contribution in [0.5, 0.6) is 0 Å². The van der Waals surface area contributed by atoms with Gasteiger partial charge in [-0.05, 0) is 36.0 Å². The van der Waals surface area contributed by atoms with E-state index < -0.39 is 0 Å². The van der Waals surface area contributed by atoms with E-state index in [9.17, 15) is 0 Å². The number of benzene rings is 2. The van der Waals surface area contributed by atoms with Gasteiger partial charge in [-0.3, -0.25) is 4.90 Å². The van der Waals surface area contributed by atoms with Gasteiger partial charge in [0, 0.05) is 31.3 Å². The highest BCUT2D eigenvalue weighted by Crippen LogP contribution is 2.15. The Labute approximate surface area is 133 Å². The molecule has 0 aliphatic heterocycles. The predicted octanol–water partition coefficient (Wildman–Crippen LogP) is 4.55. The van der Waals surface area contributed by atoms with Crippen LogP contribution in [0.25, 0.3) is 10.9 Å². The summed E-state index contributed by atoms with van der Waals surface area (Å²) < 4.78 is 2.37. The van der Waals surface area contributed by atoms with Gasteiger partial charge < -0.3 is 4.57 Å². The van der Waals surface area contributed by atoms with Crippen molar-refractivity contribution in [1.82, 2.24) is 9.47 Å². The first kappa shape index (κ1) is 14.9. The Hall–Kier alpha value is -2.06. The fourth-order valence-corrected chi connectivity index (χ4v) is 2.99. The largest absolute Gasteiger partial charge is 0.347 e. The molecule has 0 spiro atoms. The summed E-state index contributed by atoms with van der Waals surface area (Å²) in [5.41, 5.74) is 2.74. The van der Waals surface area contributed by atoms with E-state index in [2.05, 4.69) is 83.3 Å². The first-order valence-corrected chi connectivity index (χ1v) is 8.17. The monoisotopic (exact) mass is 292 g/mol. The lowest BCUT2D eigenvalue weighted by atomic mass is 10.2. The maximum atomic E-state index is 2.51. The average Bonchev–Trinajstić information content (AvgIpc) is 2.98. The van der Waals surface area contributed by atoms with Gasteiger partial charge in [0.1, 0.15) is 0 Å². The van der Waals surface area contributed by atoms with Crippen LogP contribution in [-0.2, 0) is 13.1 Å². The van der Waals surface area contributed by atoms with E-state index in [0.717, 1.165) is 26.2 Å². The Kier molecular flexibility index (Phi) is 4.92. The molecule has 0 saturated heterocycles. The van der Waals surface area contributed by atoms with Crippen LogP contribution in [0.4, 0.5) is 0 Å². The summed E-state index contributed by atoms with van der Waals surface area (Å²) in [6, 6.07) is 21.6. The highest BCUT2D eigenvalue weighted by atomic mass is 15.1. The number of rotatable bonds is 7. The van der Waals surface area contributed by atoms with Crippen LogP contribution in [0, 0.1) is 0 Å². The summed E-state index contributed by atoms with van der Waals surface area (Å²) in [4.78, 5) is 2.51. The molecule has 0 amide bonds. The predicted molar refractivity (Wildman–Crippen MR) is 93.9 cm³/mol. The molecule has 3 rings (SSSR count). The van der Waals surface area contributed by atoms with Crippen molar-refractivity contribution < 1.29 is 0 Å². The van der Waals surface area contributed by atoms with Crippen LogP contribution in [-0.4, -0.2) is 22.6 Å². The quantitative estimate of drug-likeness (QED) is 0.620. The van der Waals surface area contributed by atoms with Crippen molar-refractivity contribution >= 4 is 10.9 Å². The molecular weight excluding hydrogens is 268 g/mol. The van der Waals surface area contributed by atoms with Crippen LogP contribution in [0.2, 0.25) is 0 Å². The molecule has 2 heteroatoms.